The van der Waals surface area contributed by atoms with Gasteiger partial charge in [0.05, 0.1) is 0 Å². The van der Waals surface area contributed by atoms with E-state index in [1.165, 1.54) is 6.08 Å². The molecule has 0 spiro atoms. The maximum atomic E-state index is 10.5. The molecule has 0 rings (SSSR count). The Balaban J connectivity index is -0.000000320. The maximum Gasteiger partial charge on any atom is 2.00 e. The molecular weight excluding hydrogens is 261 g/mol. The Bertz CT molecular complexity index is 118. The number of hydrogen-bond donors (Lipinski definition) is 0. The van der Waals surface area contributed by atoms with Gasteiger partial charge in [-0.05, 0) is 6.92 Å². The second-order valence-corrected chi connectivity index (χ2v) is 2.82. The summed E-state index contributed by atoms with van der Waals surface area (Å²) in [4.78, 5) is 0. The Morgan fingerprint density at radius 1 is 1.36 bits per heavy atom. The van der Waals surface area contributed by atoms with Crippen LogP contribution in [0.15, 0.2) is 12.0 Å². The Morgan fingerprint density at radius 2 is 1.73 bits per heavy atom. The first-order valence-electron chi connectivity index (χ1n) is 2.98. The molecule has 4 heteroatoms. The van der Waals surface area contributed by atoms with Gasteiger partial charge < -0.3 is 26.8 Å². The normalized spacial score (nSPS) is 11.1. The van der Waals surface area contributed by atoms with Crippen LogP contribution >= 0.6 is 0 Å². The third-order valence-electron chi connectivity index (χ3n) is 0.642. The monoisotopic (exact) mass is 272 g/mol. The molecule has 0 saturated carbocycles. The van der Waals surface area contributed by atoms with Gasteiger partial charge in [0.2, 0.25) is 0 Å². The van der Waals surface area contributed by atoms with Crippen LogP contribution in [-0.2, 0) is 24.2 Å². The summed E-state index contributed by atoms with van der Waals surface area (Å²) >= 11 is 0. The maximum absolute atomic E-state index is 10.5. The van der Waals surface area contributed by atoms with Crippen LogP contribution < -0.4 is 22.1 Å². The van der Waals surface area contributed by atoms with E-state index in [2.05, 4.69) is 0 Å². The first kappa shape index (κ1) is 17.5. The van der Waals surface area contributed by atoms with Crippen LogP contribution in [0, 0.1) is 0 Å². The van der Waals surface area contributed by atoms with Gasteiger partial charge in [-0.3, -0.25) is 0 Å². The fourth-order valence-corrected chi connectivity index (χ4v) is 0.361. The van der Waals surface area contributed by atoms with Gasteiger partial charge in [0.25, 0.3) is 0 Å². The second-order valence-electron chi connectivity index (χ2n) is 2.82. The summed E-state index contributed by atoms with van der Waals surface area (Å²) < 4.78 is 4.89. The molecule has 0 aromatic carbocycles. The zero-order chi connectivity index (χ0) is 7.49. The van der Waals surface area contributed by atoms with E-state index in [9.17, 15) is 5.11 Å². The van der Waals surface area contributed by atoms with E-state index in [1.807, 2.05) is 20.8 Å². The molecule has 0 heterocycles. The summed E-state index contributed by atoms with van der Waals surface area (Å²) in [6, 6.07) is 0. The smallest absolute Gasteiger partial charge is 1.00 e. The summed E-state index contributed by atoms with van der Waals surface area (Å²) in [5, 5.41) is 10.5. The van der Waals surface area contributed by atoms with Crippen molar-refractivity contribution in [3.05, 3.63) is 12.0 Å². The molecular formula is C7H13BrO2Zn. The van der Waals surface area contributed by atoms with Crippen molar-refractivity contribution in [1.82, 2.24) is 0 Å². The predicted octanol–water partition coefficient (Wildman–Crippen LogP) is -1.98. The topological polar surface area (TPSA) is 32.3 Å². The van der Waals surface area contributed by atoms with E-state index in [4.69, 9.17) is 4.74 Å². The molecule has 0 atom stereocenters. The van der Waals surface area contributed by atoms with Gasteiger partial charge in [0.1, 0.15) is 0 Å². The molecule has 11 heavy (non-hydrogen) atoms. The summed E-state index contributed by atoms with van der Waals surface area (Å²) in [6.07, 6.45) is 1.41. The largest absolute Gasteiger partial charge is 2.00 e. The van der Waals surface area contributed by atoms with Crippen molar-refractivity contribution in [3.8, 4) is 0 Å². The molecule has 62 valence electrons. The average Bonchev–Trinajstić information content (AvgIpc) is 1.62. The van der Waals surface area contributed by atoms with Crippen LogP contribution in [0.2, 0.25) is 0 Å². The quantitative estimate of drug-likeness (QED) is 0.410. The van der Waals surface area contributed by atoms with Crippen molar-refractivity contribution < 1.29 is 46.3 Å². The Hall–Kier alpha value is 0.443. The Labute approximate surface area is 91.5 Å². The van der Waals surface area contributed by atoms with Crippen LogP contribution in [0.3, 0.4) is 0 Å². The number of allylic oxidation sites excluding steroid dienone is 1. The van der Waals surface area contributed by atoms with Crippen molar-refractivity contribution in [2.24, 2.45) is 0 Å². The van der Waals surface area contributed by atoms with Crippen molar-refractivity contribution in [2.75, 3.05) is 0 Å². The summed E-state index contributed by atoms with van der Waals surface area (Å²) in [6.45, 7) is 7.19. The molecule has 0 aromatic heterocycles. The molecule has 0 aliphatic heterocycles. The standard InChI is InChI=1S/C7H14O2.BrH.Zn/c1-5-6(8)9-7(2,3)4;;/h5,8H,1-4H3;1H;/q;;+2/p-2/b6-5+;;. The zero-order valence-electron chi connectivity index (χ0n) is 7.48. The molecule has 0 aliphatic carbocycles. The first-order valence-corrected chi connectivity index (χ1v) is 2.98. The van der Waals surface area contributed by atoms with E-state index < -0.39 is 0 Å². The van der Waals surface area contributed by atoms with Gasteiger partial charge in [-0.2, -0.15) is 0 Å². The molecule has 0 N–H and O–H groups in total. The minimum Gasteiger partial charge on any atom is -1.00 e. The minimum atomic E-state index is -0.358. The molecule has 2 nitrogen and oxygen atoms in total. The number of hydrogen-bond acceptors (Lipinski definition) is 2. The molecule has 0 saturated heterocycles. The van der Waals surface area contributed by atoms with E-state index in [1.54, 1.807) is 6.92 Å². The van der Waals surface area contributed by atoms with E-state index in [0.29, 0.717) is 0 Å². The van der Waals surface area contributed by atoms with E-state index in [0.717, 1.165) is 0 Å². The van der Waals surface area contributed by atoms with Crippen molar-refractivity contribution >= 4 is 0 Å². The third-order valence-corrected chi connectivity index (χ3v) is 0.642. The average molecular weight is 274 g/mol. The fraction of sp³-hybridized carbons (Fsp3) is 0.714. The second kappa shape index (κ2) is 7.11. The number of ether oxygens (including phenoxy) is 1. The molecule has 0 bridgehead atoms. The molecule has 0 radical (unpaired) electrons. The molecule has 0 aromatic rings. The summed E-state index contributed by atoms with van der Waals surface area (Å²) in [7, 11) is 0. The van der Waals surface area contributed by atoms with Crippen LogP contribution in [0.1, 0.15) is 27.7 Å². The molecule has 0 amide bonds. The van der Waals surface area contributed by atoms with Crippen LogP contribution in [0.25, 0.3) is 0 Å². The van der Waals surface area contributed by atoms with Gasteiger partial charge in [0.15, 0.2) is 0 Å². The Morgan fingerprint density at radius 3 is 1.82 bits per heavy atom. The molecule has 0 fully saturated rings. The Kier molecular flexibility index (Phi) is 11.3. The van der Waals surface area contributed by atoms with Crippen LogP contribution in [0.5, 0.6) is 0 Å². The van der Waals surface area contributed by atoms with E-state index in [-0.39, 0.29) is 48.0 Å². The summed E-state index contributed by atoms with van der Waals surface area (Å²) in [5.74, 6) is -0.262. The third kappa shape index (κ3) is 13.4. The first-order chi connectivity index (χ1) is 3.95. The van der Waals surface area contributed by atoms with Crippen molar-refractivity contribution in [2.45, 2.75) is 33.3 Å². The van der Waals surface area contributed by atoms with Crippen LogP contribution in [-0.4, -0.2) is 5.60 Å². The van der Waals surface area contributed by atoms with E-state index >= 15 is 0 Å². The summed E-state index contributed by atoms with van der Waals surface area (Å²) in [5.41, 5.74) is -0.358. The van der Waals surface area contributed by atoms with Gasteiger partial charge in [-0.1, -0.05) is 26.8 Å². The zero-order valence-corrected chi connectivity index (χ0v) is 12.0. The van der Waals surface area contributed by atoms with Crippen molar-refractivity contribution in [3.63, 3.8) is 0 Å². The molecule has 0 unspecified atom stereocenters. The number of halogens is 1. The SMILES string of the molecule is C/C=C(\[O-])OC(C)(C)C.[Br-].[Zn+2]. The van der Waals surface area contributed by atoms with Gasteiger partial charge in [-0.15, -0.1) is 0 Å². The van der Waals surface area contributed by atoms with Gasteiger partial charge in [-0.25, -0.2) is 0 Å². The van der Waals surface area contributed by atoms with Crippen LogP contribution in [0.4, 0.5) is 0 Å². The van der Waals surface area contributed by atoms with Crippen molar-refractivity contribution in [1.29, 1.82) is 0 Å². The van der Waals surface area contributed by atoms with Gasteiger partial charge >= 0.3 is 19.5 Å². The minimum absolute atomic E-state index is 0. The number of rotatable bonds is 1. The van der Waals surface area contributed by atoms with Gasteiger partial charge in [0, 0.05) is 11.5 Å². The molecule has 0 aliphatic rings. The predicted molar refractivity (Wildman–Crippen MR) is 34.6 cm³/mol. The fourth-order valence-electron chi connectivity index (χ4n) is 0.361.